The number of rotatable bonds is 2. The monoisotopic (exact) mass is 160 g/mol. The average Bonchev–Trinajstić information content (AvgIpc) is 2.17. The van der Waals surface area contributed by atoms with Crippen LogP contribution in [0.3, 0.4) is 0 Å². The van der Waals surface area contributed by atoms with Gasteiger partial charge in [0.2, 0.25) is 0 Å². The van der Waals surface area contributed by atoms with Gasteiger partial charge in [0.15, 0.2) is 0 Å². The minimum absolute atomic E-state index is 0.105. The molecule has 0 spiro atoms. The normalized spacial score (nSPS) is 11.7. The number of aliphatic hydroxyl groups is 1. The molecule has 0 aliphatic heterocycles. The van der Waals surface area contributed by atoms with Gasteiger partial charge in [0, 0.05) is 6.20 Å². The van der Waals surface area contributed by atoms with E-state index in [1.807, 2.05) is 0 Å². The number of aromatic nitrogens is 1. The van der Waals surface area contributed by atoms with Gasteiger partial charge in [-0.15, -0.1) is 0 Å². The van der Waals surface area contributed by atoms with Crippen LogP contribution in [0.5, 0.6) is 0 Å². The van der Waals surface area contributed by atoms with Gasteiger partial charge in [-0.1, -0.05) is 12.6 Å². The molecule has 0 radical (unpaired) electrons. The third-order valence-corrected chi connectivity index (χ3v) is 1.44. The van der Waals surface area contributed by atoms with Gasteiger partial charge in [-0.25, -0.2) is 0 Å². The van der Waals surface area contributed by atoms with Crippen molar-refractivity contribution in [1.82, 2.24) is 4.98 Å². The minimum atomic E-state index is -0.976. The number of nitriles is 1. The van der Waals surface area contributed by atoms with E-state index in [2.05, 4.69) is 11.6 Å². The van der Waals surface area contributed by atoms with Gasteiger partial charge >= 0.3 is 0 Å². The summed E-state index contributed by atoms with van der Waals surface area (Å²) in [5.74, 6) is 0. The Balaban J connectivity index is 2.87. The lowest BCUT2D eigenvalue weighted by Crippen LogP contribution is -2.00. The molecule has 1 heterocycles. The molecule has 0 aliphatic rings. The Kier molecular flexibility index (Phi) is 2.57. The van der Waals surface area contributed by atoms with E-state index in [4.69, 9.17) is 5.26 Å². The zero-order valence-electron chi connectivity index (χ0n) is 6.44. The van der Waals surface area contributed by atoms with Crippen LogP contribution in [0.4, 0.5) is 0 Å². The fourth-order valence-electron chi connectivity index (χ4n) is 0.777. The molecule has 12 heavy (non-hydrogen) atoms. The van der Waals surface area contributed by atoms with Crippen molar-refractivity contribution in [2.45, 2.75) is 6.10 Å². The lowest BCUT2D eigenvalue weighted by atomic mass is 10.1. The fourth-order valence-corrected chi connectivity index (χ4v) is 0.777. The van der Waals surface area contributed by atoms with Crippen LogP contribution in [-0.4, -0.2) is 10.1 Å². The second-order valence-electron chi connectivity index (χ2n) is 2.29. The largest absolute Gasteiger partial charge is 0.381 e. The summed E-state index contributed by atoms with van der Waals surface area (Å²) >= 11 is 0. The summed E-state index contributed by atoms with van der Waals surface area (Å²) < 4.78 is 0. The smallest absolute Gasteiger partial charge is 0.130 e. The second-order valence-corrected chi connectivity index (χ2v) is 2.29. The van der Waals surface area contributed by atoms with Crippen molar-refractivity contribution in [1.29, 1.82) is 5.26 Å². The standard InChI is InChI=1S/C9H8N2O/c1-7(6-10)9(12)8-4-2-3-5-11-8/h2-5,9,12H,1H2. The number of aliphatic hydroxyl groups excluding tert-OH is 1. The summed E-state index contributed by atoms with van der Waals surface area (Å²) in [6.45, 7) is 3.40. The maximum Gasteiger partial charge on any atom is 0.130 e. The van der Waals surface area contributed by atoms with Gasteiger partial charge in [-0.3, -0.25) is 4.98 Å². The Morgan fingerprint density at radius 1 is 1.67 bits per heavy atom. The molecule has 1 aromatic rings. The maximum absolute atomic E-state index is 9.40. The Labute approximate surface area is 70.6 Å². The van der Waals surface area contributed by atoms with E-state index in [1.165, 1.54) is 0 Å². The molecule has 0 saturated carbocycles. The number of hydrogen-bond acceptors (Lipinski definition) is 3. The van der Waals surface area contributed by atoms with Crippen LogP contribution in [0.25, 0.3) is 0 Å². The lowest BCUT2D eigenvalue weighted by Gasteiger charge is -2.05. The summed E-state index contributed by atoms with van der Waals surface area (Å²) in [7, 11) is 0. The molecule has 3 nitrogen and oxygen atoms in total. The van der Waals surface area contributed by atoms with E-state index in [-0.39, 0.29) is 5.57 Å². The van der Waals surface area contributed by atoms with Crippen molar-refractivity contribution in [2.24, 2.45) is 0 Å². The minimum Gasteiger partial charge on any atom is -0.381 e. The Morgan fingerprint density at radius 3 is 2.92 bits per heavy atom. The molecule has 1 unspecified atom stereocenters. The zero-order chi connectivity index (χ0) is 8.97. The van der Waals surface area contributed by atoms with Crippen molar-refractivity contribution in [3.05, 3.63) is 42.2 Å². The molecule has 0 bridgehead atoms. The summed E-state index contributed by atoms with van der Waals surface area (Å²) in [4.78, 5) is 3.89. The Morgan fingerprint density at radius 2 is 2.42 bits per heavy atom. The average molecular weight is 160 g/mol. The fraction of sp³-hybridized carbons (Fsp3) is 0.111. The van der Waals surface area contributed by atoms with Gasteiger partial charge in [0.25, 0.3) is 0 Å². The first kappa shape index (κ1) is 8.44. The molecule has 3 heteroatoms. The predicted molar refractivity (Wildman–Crippen MR) is 43.9 cm³/mol. The Bertz CT molecular complexity index is 313. The van der Waals surface area contributed by atoms with E-state index in [0.29, 0.717) is 5.69 Å². The predicted octanol–water partition coefficient (Wildman–Crippen LogP) is 1.19. The van der Waals surface area contributed by atoms with Crippen LogP contribution in [0.15, 0.2) is 36.5 Å². The molecular formula is C9H8N2O. The van der Waals surface area contributed by atoms with E-state index in [9.17, 15) is 5.11 Å². The van der Waals surface area contributed by atoms with Gasteiger partial charge in [-0.05, 0) is 12.1 Å². The first-order valence-electron chi connectivity index (χ1n) is 3.43. The molecule has 1 N–H and O–H groups in total. The summed E-state index contributed by atoms with van der Waals surface area (Å²) in [6.07, 6.45) is 0.583. The molecule has 0 aliphatic carbocycles. The number of pyridine rings is 1. The van der Waals surface area contributed by atoms with E-state index in [1.54, 1.807) is 30.5 Å². The summed E-state index contributed by atoms with van der Waals surface area (Å²) in [6, 6.07) is 6.91. The molecule has 1 aromatic heterocycles. The third kappa shape index (κ3) is 1.68. The van der Waals surface area contributed by atoms with E-state index >= 15 is 0 Å². The maximum atomic E-state index is 9.40. The van der Waals surface area contributed by atoms with Crippen molar-refractivity contribution in [2.75, 3.05) is 0 Å². The Hall–Kier alpha value is -1.66. The second kappa shape index (κ2) is 3.65. The molecule has 0 saturated heterocycles. The van der Waals surface area contributed by atoms with E-state index in [0.717, 1.165) is 0 Å². The van der Waals surface area contributed by atoms with Crippen molar-refractivity contribution >= 4 is 0 Å². The molecule has 0 aromatic carbocycles. The number of hydrogen-bond donors (Lipinski definition) is 1. The van der Waals surface area contributed by atoms with Crippen LogP contribution >= 0.6 is 0 Å². The van der Waals surface area contributed by atoms with Crippen LogP contribution in [0.1, 0.15) is 11.8 Å². The van der Waals surface area contributed by atoms with Crippen molar-refractivity contribution in [3.8, 4) is 6.07 Å². The topological polar surface area (TPSA) is 56.9 Å². The van der Waals surface area contributed by atoms with Crippen LogP contribution in [0, 0.1) is 11.3 Å². The van der Waals surface area contributed by atoms with Gasteiger partial charge in [0.1, 0.15) is 6.10 Å². The van der Waals surface area contributed by atoms with Gasteiger partial charge < -0.3 is 5.11 Å². The first-order chi connectivity index (χ1) is 5.75. The highest BCUT2D eigenvalue weighted by Crippen LogP contribution is 2.15. The first-order valence-corrected chi connectivity index (χ1v) is 3.43. The van der Waals surface area contributed by atoms with Crippen LogP contribution in [-0.2, 0) is 0 Å². The highest BCUT2D eigenvalue weighted by atomic mass is 16.3. The molecule has 0 fully saturated rings. The molecule has 60 valence electrons. The highest BCUT2D eigenvalue weighted by molar-refractivity contribution is 5.27. The van der Waals surface area contributed by atoms with Gasteiger partial charge in [0.05, 0.1) is 17.3 Å². The van der Waals surface area contributed by atoms with Crippen LogP contribution < -0.4 is 0 Å². The molecule has 0 amide bonds. The summed E-state index contributed by atoms with van der Waals surface area (Å²) in [5.41, 5.74) is 0.553. The van der Waals surface area contributed by atoms with Crippen molar-refractivity contribution < 1.29 is 5.11 Å². The van der Waals surface area contributed by atoms with Crippen LogP contribution in [0.2, 0.25) is 0 Å². The third-order valence-electron chi connectivity index (χ3n) is 1.44. The van der Waals surface area contributed by atoms with E-state index < -0.39 is 6.10 Å². The number of nitrogens with zero attached hydrogens (tertiary/aromatic N) is 2. The lowest BCUT2D eigenvalue weighted by molar-refractivity contribution is 0.216. The SMILES string of the molecule is C=C(C#N)C(O)c1ccccn1. The quantitative estimate of drug-likeness (QED) is 0.661. The zero-order valence-corrected chi connectivity index (χ0v) is 6.44. The van der Waals surface area contributed by atoms with Crippen molar-refractivity contribution in [3.63, 3.8) is 0 Å². The molecule has 1 rings (SSSR count). The molecule has 1 atom stereocenters. The molecular weight excluding hydrogens is 152 g/mol. The highest BCUT2D eigenvalue weighted by Gasteiger charge is 2.10. The summed E-state index contributed by atoms with van der Waals surface area (Å²) in [5, 5.41) is 17.8. The van der Waals surface area contributed by atoms with Gasteiger partial charge in [-0.2, -0.15) is 5.26 Å².